The Hall–Kier alpha value is -4.26. The van der Waals surface area contributed by atoms with E-state index in [4.69, 9.17) is 0 Å². The molecule has 166 valence electrons. The highest BCUT2D eigenvalue weighted by atomic mass is 16.2. The van der Waals surface area contributed by atoms with Crippen molar-refractivity contribution in [2.75, 3.05) is 6.54 Å². The first-order chi connectivity index (χ1) is 16.0. The molecule has 1 aliphatic heterocycles. The molecule has 3 aromatic rings. The van der Waals surface area contributed by atoms with Gasteiger partial charge in [0.2, 0.25) is 5.91 Å². The van der Waals surface area contributed by atoms with Gasteiger partial charge < -0.3 is 4.90 Å². The Bertz CT molecular complexity index is 1110. The Balaban J connectivity index is 1.50. The van der Waals surface area contributed by atoms with Crippen LogP contribution in [-0.4, -0.2) is 45.0 Å². The summed E-state index contributed by atoms with van der Waals surface area (Å²) in [6, 6.07) is 27.1. The molecule has 7 nitrogen and oxygen atoms in total. The van der Waals surface area contributed by atoms with Crippen LogP contribution in [0.25, 0.3) is 0 Å². The van der Waals surface area contributed by atoms with Crippen molar-refractivity contribution in [3.63, 3.8) is 0 Å². The van der Waals surface area contributed by atoms with E-state index < -0.39 is 30.3 Å². The summed E-state index contributed by atoms with van der Waals surface area (Å²) in [5.41, 5.74) is 2.56. The van der Waals surface area contributed by atoms with Crippen LogP contribution in [0.3, 0.4) is 0 Å². The fourth-order valence-electron chi connectivity index (χ4n) is 3.67. The second kappa shape index (κ2) is 9.91. The van der Waals surface area contributed by atoms with Gasteiger partial charge in [0.15, 0.2) is 0 Å². The molecule has 1 aliphatic rings. The summed E-state index contributed by atoms with van der Waals surface area (Å²) in [5.74, 6) is -2.32. The Morgan fingerprint density at radius 2 is 1.03 bits per heavy atom. The molecule has 0 N–H and O–H groups in total. The maximum absolute atomic E-state index is 13.2. The molecule has 7 heteroatoms. The van der Waals surface area contributed by atoms with Gasteiger partial charge in [0.25, 0.3) is 0 Å². The molecule has 0 radical (unpaired) electrons. The Labute approximate surface area is 191 Å². The lowest BCUT2D eigenvalue weighted by atomic mass is 10.1. The van der Waals surface area contributed by atoms with Crippen LogP contribution in [0, 0.1) is 0 Å². The minimum Gasteiger partial charge on any atom is -0.332 e. The smallest absolute Gasteiger partial charge is 0.332 e. The predicted octanol–water partition coefficient (Wildman–Crippen LogP) is 3.21. The highest BCUT2D eigenvalue weighted by Gasteiger charge is 2.45. The average molecular weight is 441 g/mol. The lowest BCUT2D eigenvalue weighted by molar-refractivity contribution is -0.145. The van der Waals surface area contributed by atoms with Gasteiger partial charge in [-0.05, 0) is 16.7 Å². The van der Waals surface area contributed by atoms with Gasteiger partial charge in [0.1, 0.15) is 6.54 Å². The lowest BCUT2D eigenvalue weighted by Gasteiger charge is -2.25. The third-order valence-corrected chi connectivity index (χ3v) is 5.40. The van der Waals surface area contributed by atoms with Gasteiger partial charge in [-0.3, -0.25) is 19.3 Å². The number of benzene rings is 3. The molecule has 0 aliphatic carbocycles. The van der Waals surface area contributed by atoms with E-state index in [9.17, 15) is 19.2 Å². The molecule has 1 fully saturated rings. The average Bonchev–Trinajstić information content (AvgIpc) is 3.04. The summed E-state index contributed by atoms with van der Waals surface area (Å²) in [7, 11) is 0. The quantitative estimate of drug-likeness (QED) is 0.397. The van der Waals surface area contributed by atoms with Crippen LogP contribution in [0.2, 0.25) is 0 Å². The second-order valence-corrected chi connectivity index (χ2v) is 7.77. The van der Waals surface area contributed by atoms with Gasteiger partial charge in [-0.15, -0.1) is 0 Å². The van der Waals surface area contributed by atoms with Crippen molar-refractivity contribution in [2.24, 2.45) is 0 Å². The van der Waals surface area contributed by atoms with E-state index in [-0.39, 0.29) is 6.54 Å². The first-order valence-electron chi connectivity index (χ1n) is 10.6. The minimum atomic E-state index is -0.983. The van der Waals surface area contributed by atoms with Crippen LogP contribution >= 0.6 is 0 Å². The molecule has 33 heavy (non-hydrogen) atoms. The number of carbonyl (C=O) groups excluding carboxylic acids is 4. The van der Waals surface area contributed by atoms with Crippen molar-refractivity contribution in [1.29, 1.82) is 0 Å². The molecule has 0 atom stereocenters. The molecule has 0 aromatic heterocycles. The molecule has 0 bridgehead atoms. The van der Waals surface area contributed by atoms with E-state index in [1.165, 1.54) is 0 Å². The molecular weight excluding hydrogens is 418 g/mol. The van der Waals surface area contributed by atoms with Crippen molar-refractivity contribution in [1.82, 2.24) is 14.7 Å². The van der Waals surface area contributed by atoms with Crippen molar-refractivity contribution in [3.8, 4) is 0 Å². The maximum atomic E-state index is 13.2. The molecule has 4 rings (SSSR count). The van der Waals surface area contributed by atoms with Crippen molar-refractivity contribution >= 4 is 23.8 Å². The second-order valence-electron chi connectivity index (χ2n) is 7.77. The third-order valence-electron chi connectivity index (χ3n) is 5.40. The summed E-state index contributed by atoms with van der Waals surface area (Å²) in [4.78, 5) is 54.2. The largest absolute Gasteiger partial charge is 0.335 e. The molecule has 0 spiro atoms. The molecule has 1 heterocycles. The summed E-state index contributed by atoms with van der Waals surface area (Å²) in [6.45, 7) is 0.111. The Kier molecular flexibility index (Phi) is 6.59. The van der Waals surface area contributed by atoms with E-state index in [1.54, 1.807) is 29.2 Å². The van der Waals surface area contributed by atoms with Crippen molar-refractivity contribution < 1.29 is 19.2 Å². The van der Waals surface area contributed by atoms with E-state index in [2.05, 4.69) is 0 Å². The zero-order valence-corrected chi connectivity index (χ0v) is 18.0. The van der Waals surface area contributed by atoms with Crippen LogP contribution < -0.4 is 0 Å². The number of urea groups is 1. The molecule has 3 aromatic carbocycles. The number of carbonyl (C=O) groups is 4. The number of nitrogens with zero attached hydrogens (tertiary/aromatic N) is 3. The standard InChI is InChI=1S/C26H23N3O4/c30-23(27(16-20-10-4-1-5-11-20)17-21-12-6-2-7-13-21)19-29-25(32)24(31)28(26(29)33)18-22-14-8-3-9-15-22/h1-15H,16-19H2. The van der Waals surface area contributed by atoms with Crippen LogP contribution in [0.15, 0.2) is 91.0 Å². The van der Waals surface area contributed by atoms with Gasteiger partial charge >= 0.3 is 17.8 Å². The fraction of sp³-hybridized carbons (Fsp3) is 0.154. The van der Waals surface area contributed by atoms with E-state index in [0.717, 1.165) is 26.5 Å². The lowest BCUT2D eigenvalue weighted by Crippen LogP contribution is -2.43. The minimum absolute atomic E-state index is 0.0211. The third kappa shape index (κ3) is 5.15. The molecule has 0 saturated carbocycles. The molecular formula is C26H23N3O4. The van der Waals surface area contributed by atoms with Gasteiger partial charge in [-0.2, -0.15) is 0 Å². The number of imide groups is 2. The van der Waals surface area contributed by atoms with E-state index in [0.29, 0.717) is 13.1 Å². The summed E-state index contributed by atoms with van der Waals surface area (Å²) >= 11 is 0. The van der Waals surface area contributed by atoms with Gasteiger partial charge in [-0.1, -0.05) is 91.0 Å². The van der Waals surface area contributed by atoms with Crippen molar-refractivity contribution in [2.45, 2.75) is 19.6 Å². The van der Waals surface area contributed by atoms with E-state index in [1.807, 2.05) is 66.7 Å². The highest BCUT2D eigenvalue weighted by Crippen LogP contribution is 2.17. The Morgan fingerprint density at radius 1 is 0.606 bits per heavy atom. The van der Waals surface area contributed by atoms with Gasteiger partial charge in [0.05, 0.1) is 6.54 Å². The topological polar surface area (TPSA) is 78.0 Å². The first kappa shape index (κ1) is 22.0. The van der Waals surface area contributed by atoms with Gasteiger partial charge in [0, 0.05) is 13.1 Å². The summed E-state index contributed by atoms with van der Waals surface area (Å²) in [5, 5.41) is 0. The van der Waals surface area contributed by atoms with Gasteiger partial charge in [-0.25, -0.2) is 9.69 Å². The predicted molar refractivity (Wildman–Crippen MR) is 121 cm³/mol. The molecule has 5 amide bonds. The molecule has 0 unspecified atom stereocenters. The summed E-state index contributed by atoms with van der Waals surface area (Å²) in [6.07, 6.45) is 0. The molecule has 1 saturated heterocycles. The van der Waals surface area contributed by atoms with Crippen LogP contribution in [-0.2, 0) is 34.0 Å². The number of rotatable bonds is 8. The SMILES string of the molecule is O=C(CN1C(=O)C(=O)N(Cc2ccccc2)C1=O)N(Cc1ccccc1)Cc1ccccc1. The van der Waals surface area contributed by atoms with Crippen LogP contribution in [0.5, 0.6) is 0 Å². The van der Waals surface area contributed by atoms with E-state index >= 15 is 0 Å². The number of hydrogen-bond donors (Lipinski definition) is 0. The fourth-order valence-corrected chi connectivity index (χ4v) is 3.67. The Morgan fingerprint density at radius 3 is 1.52 bits per heavy atom. The van der Waals surface area contributed by atoms with Crippen LogP contribution in [0.1, 0.15) is 16.7 Å². The number of amides is 5. The summed E-state index contributed by atoms with van der Waals surface area (Å²) < 4.78 is 0. The van der Waals surface area contributed by atoms with Crippen LogP contribution in [0.4, 0.5) is 4.79 Å². The first-order valence-corrected chi connectivity index (χ1v) is 10.6. The number of hydrogen-bond acceptors (Lipinski definition) is 4. The monoisotopic (exact) mass is 441 g/mol. The zero-order valence-electron chi connectivity index (χ0n) is 18.0. The maximum Gasteiger partial charge on any atom is 0.335 e. The highest BCUT2D eigenvalue weighted by molar-refractivity contribution is 6.44. The normalized spacial score (nSPS) is 13.5. The van der Waals surface area contributed by atoms with Crippen molar-refractivity contribution in [3.05, 3.63) is 108 Å². The zero-order chi connectivity index (χ0) is 23.2.